The highest BCUT2D eigenvalue weighted by molar-refractivity contribution is 5.97. The molecule has 0 spiro atoms. The quantitative estimate of drug-likeness (QED) is 0.329. The molecule has 1 rings (SSSR count). The Morgan fingerprint density at radius 3 is 2.45 bits per heavy atom. The van der Waals surface area contributed by atoms with Gasteiger partial charge in [0.15, 0.2) is 0 Å². The molecule has 0 saturated heterocycles. The first kappa shape index (κ1) is 17.4. The molecule has 0 fully saturated rings. The molecule has 6 heteroatoms. The Bertz CT molecular complexity index is 552. The van der Waals surface area contributed by atoms with Crippen molar-refractivity contribution in [1.29, 1.82) is 0 Å². The molecule has 3 N–H and O–H groups in total. The molecule has 0 aromatic heterocycles. The molecule has 22 heavy (non-hydrogen) atoms. The average Bonchev–Trinajstić information content (AvgIpc) is 2.46. The Hall–Kier alpha value is -2.63. The van der Waals surface area contributed by atoms with E-state index in [0.29, 0.717) is 24.2 Å². The second-order valence-electron chi connectivity index (χ2n) is 4.77. The van der Waals surface area contributed by atoms with Crippen molar-refractivity contribution >= 4 is 17.8 Å². The minimum absolute atomic E-state index is 0.349. The average molecular weight is 304 g/mol. The molecule has 6 nitrogen and oxygen atoms in total. The molecule has 0 saturated carbocycles. The molecule has 1 atom stereocenters. The van der Waals surface area contributed by atoms with E-state index in [-0.39, 0.29) is 0 Å². The summed E-state index contributed by atoms with van der Waals surface area (Å²) in [6.07, 6.45) is 3.66. The van der Waals surface area contributed by atoms with Gasteiger partial charge in [0.2, 0.25) is 5.91 Å². The monoisotopic (exact) mass is 304 g/mol. The molecule has 0 aliphatic rings. The zero-order valence-corrected chi connectivity index (χ0v) is 12.5. The number of unbranched alkanes of at least 4 members (excludes halogenated alkanes) is 1. The number of primary amides is 1. The Labute approximate surface area is 129 Å². The lowest BCUT2D eigenvalue weighted by Crippen LogP contribution is -2.44. The third-order valence-electron chi connectivity index (χ3n) is 2.93. The Kier molecular flexibility index (Phi) is 6.82. The highest BCUT2D eigenvalue weighted by Gasteiger charge is 2.18. The van der Waals surface area contributed by atoms with E-state index in [9.17, 15) is 14.4 Å². The van der Waals surface area contributed by atoms with E-state index in [1.165, 1.54) is 31.2 Å². The molecule has 1 aromatic carbocycles. The van der Waals surface area contributed by atoms with Gasteiger partial charge in [-0.15, -0.1) is 6.58 Å². The van der Waals surface area contributed by atoms with Crippen molar-refractivity contribution < 1.29 is 19.1 Å². The fraction of sp³-hybridized carbons (Fsp3) is 0.312. The highest BCUT2D eigenvalue weighted by atomic mass is 16.5. The van der Waals surface area contributed by atoms with Crippen LogP contribution >= 0.6 is 0 Å². The maximum atomic E-state index is 12.1. The molecule has 0 radical (unpaired) electrons. The summed E-state index contributed by atoms with van der Waals surface area (Å²) in [5.41, 5.74) is 5.64. The first-order chi connectivity index (χ1) is 10.4. The van der Waals surface area contributed by atoms with E-state index in [1.807, 2.05) is 0 Å². The molecule has 0 bridgehead atoms. The number of allylic oxidation sites excluding steroid dienone is 1. The summed E-state index contributed by atoms with van der Waals surface area (Å²) in [6.45, 7) is 4.89. The fourth-order valence-corrected chi connectivity index (χ4v) is 1.83. The minimum atomic E-state index is -0.722. The lowest BCUT2D eigenvalue weighted by molar-refractivity contribution is -0.131. The minimum Gasteiger partial charge on any atom is -0.427 e. The van der Waals surface area contributed by atoms with Gasteiger partial charge >= 0.3 is 5.97 Å². The Balaban J connectivity index is 2.66. The van der Waals surface area contributed by atoms with Crippen LogP contribution in [0.1, 0.15) is 36.5 Å². The van der Waals surface area contributed by atoms with Crippen molar-refractivity contribution in [2.45, 2.75) is 32.2 Å². The first-order valence-corrected chi connectivity index (χ1v) is 6.93. The Morgan fingerprint density at radius 2 is 1.95 bits per heavy atom. The van der Waals surface area contributed by atoms with Gasteiger partial charge in [0, 0.05) is 12.5 Å². The van der Waals surface area contributed by atoms with Gasteiger partial charge < -0.3 is 15.8 Å². The van der Waals surface area contributed by atoms with Crippen LogP contribution in [0.2, 0.25) is 0 Å². The van der Waals surface area contributed by atoms with E-state index < -0.39 is 23.8 Å². The Morgan fingerprint density at radius 1 is 1.32 bits per heavy atom. The summed E-state index contributed by atoms with van der Waals surface area (Å²) in [5.74, 6) is -1.07. The number of esters is 1. The standard InChI is InChI=1S/C16H20N2O4/c1-3-4-5-6-14(15(17)20)18-16(21)12-7-9-13(10-8-12)22-11(2)19/h3,7-10,14H,1,4-6H2,2H3,(H2,17,20)(H,18,21)/t14-/m0/s1. The maximum Gasteiger partial charge on any atom is 0.308 e. The number of rotatable bonds is 8. The van der Waals surface area contributed by atoms with Crippen LogP contribution in [0.25, 0.3) is 0 Å². The van der Waals surface area contributed by atoms with Crippen molar-refractivity contribution in [2.24, 2.45) is 5.73 Å². The number of nitrogens with two attached hydrogens (primary N) is 1. The molecular weight excluding hydrogens is 284 g/mol. The van der Waals surface area contributed by atoms with E-state index in [2.05, 4.69) is 11.9 Å². The number of hydrogen-bond donors (Lipinski definition) is 2. The van der Waals surface area contributed by atoms with Gasteiger partial charge in [0.25, 0.3) is 5.91 Å². The number of hydrogen-bond acceptors (Lipinski definition) is 4. The van der Waals surface area contributed by atoms with Crippen LogP contribution in [-0.4, -0.2) is 23.8 Å². The number of nitrogens with one attached hydrogen (secondary N) is 1. The van der Waals surface area contributed by atoms with Crippen molar-refractivity contribution in [3.63, 3.8) is 0 Å². The van der Waals surface area contributed by atoms with Crippen LogP contribution in [0.15, 0.2) is 36.9 Å². The number of carbonyl (C=O) groups excluding carboxylic acids is 3. The van der Waals surface area contributed by atoms with E-state index in [1.54, 1.807) is 6.08 Å². The smallest absolute Gasteiger partial charge is 0.308 e. The summed E-state index contributed by atoms with van der Waals surface area (Å²) in [6, 6.07) is 5.31. The third-order valence-corrected chi connectivity index (χ3v) is 2.93. The second kappa shape index (κ2) is 8.61. The van der Waals surface area contributed by atoms with Crippen LogP contribution in [0, 0.1) is 0 Å². The zero-order chi connectivity index (χ0) is 16.5. The van der Waals surface area contributed by atoms with Crippen LogP contribution in [0.5, 0.6) is 5.75 Å². The summed E-state index contributed by atoms with van der Waals surface area (Å²) in [4.78, 5) is 34.3. The van der Waals surface area contributed by atoms with Crippen molar-refractivity contribution in [2.75, 3.05) is 0 Å². The van der Waals surface area contributed by atoms with Gasteiger partial charge in [-0.2, -0.15) is 0 Å². The molecule has 0 aliphatic heterocycles. The summed E-state index contributed by atoms with van der Waals surface area (Å²) in [5, 5.41) is 2.60. The summed E-state index contributed by atoms with van der Waals surface area (Å²) >= 11 is 0. The van der Waals surface area contributed by atoms with E-state index >= 15 is 0 Å². The van der Waals surface area contributed by atoms with Crippen LogP contribution in [-0.2, 0) is 9.59 Å². The van der Waals surface area contributed by atoms with Crippen molar-refractivity contribution in [1.82, 2.24) is 5.32 Å². The lowest BCUT2D eigenvalue weighted by atomic mass is 10.1. The highest BCUT2D eigenvalue weighted by Crippen LogP contribution is 2.13. The predicted octanol–water partition coefficient (Wildman–Crippen LogP) is 1.55. The van der Waals surface area contributed by atoms with Gasteiger partial charge in [0.1, 0.15) is 11.8 Å². The molecule has 1 aromatic rings. The number of ether oxygens (including phenoxy) is 1. The van der Waals surface area contributed by atoms with E-state index in [4.69, 9.17) is 10.5 Å². The summed E-state index contributed by atoms with van der Waals surface area (Å²) in [7, 11) is 0. The largest absolute Gasteiger partial charge is 0.427 e. The first-order valence-electron chi connectivity index (χ1n) is 6.93. The number of carbonyl (C=O) groups is 3. The molecule has 0 aliphatic carbocycles. The molecule has 0 unspecified atom stereocenters. The van der Waals surface area contributed by atoms with E-state index in [0.717, 1.165) is 6.42 Å². The van der Waals surface area contributed by atoms with Crippen LogP contribution in [0.4, 0.5) is 0 Å². The van der Waals surface area contributed by atoms with Crippen LogP contribution < -0.4 is 15.8 Å². The zero-order valence-electron chi connectivity index (χ0n) is 12.5. The van der Waals surface area contributed by atoms with Gasteiger partial charge in [-0.3, -0.25) is 14.4 Å². The van der Waals surface area contributed by atoms with Crippen molar-refractivity contribution in [3.05, 3.63) is 42.5 Å². The second-order valence-corrected chi connectivity index (χ2v) is 4.77. The fourth-order valence-electron chi connectivity index (χ4n) is 1.83. The molecule has 118 valence electrons. The summed E-state index contributed by atoms with van der Waals surface area (Å²) < 4.78 is 4.88. The molecule has 0 heterocycles. The van der Waals surface area contributed by atoms with Crippen LogP contribution in [0.3, 0.4) is 0 Å². The topological polar surface area (TPSA) is 98.5 Å². The normalized spacial score (nSPS) is 11.3. The predicted molar refractivity (Wildman–Crippen MR) is 82.2 cm³/mol. The lowest BCUT2D eigenvalue weighted by Gasteiger charge is -2.15. The number of benzene rings is 1. The van der Waals surface area contributed by atoms with Crippen molar-refractivity contribution in [3.8, 4) is 5.75 Å². The third kappa shape index (κ3) is 5.78. The molecular formula is C16H20N2O4. The SMILES string of the molecule is C=CCCC[C@H](NC(=O)c1ccc(OC(C)=O)cc1)C(N)=O. The molecule has 2 amide bonds. The van der Waals surface area contributed by atoms with Gasteiger partial charge in [0.05, 0.1) is 0 Å². The van der Waals surface area contributed by atoms with Gasteiger partial charge in [-0.05, 0) is 43.5 Å². The maximum absolute atomic E-state index is 12.1. The van der Waals surface area contributed by atoms with Gasteiger partial charge in [-0.25, -0.2) is 0 Å². The number of amides is 2. The van der Waals surface area contributed by atoms with Gasteiger partial charge in [-0.1, -0.05) is 6.08 Å².